The summed E-state index contributed by atoms with van der Waals surface area (Å²) in [7, 11) is 5.00. The van der Waals surface area contributed by atoms with Gasteiger partial charge in [0.25, 0.3) is 5.91 Å². The smallest absolute Gasteiger partial charge is 0.272 e. The number of nitrogens with one attached hydrogen (secondary N) is 1. The molecule has 1 aliphatic rings. The lowest BCUT2D eigenvalue weighted by Gasteiger charge is -2.17. The molecule has 2 aromatic carbocycles. The average Bonchev–Trinajstić information content (AvgIpc) is 3.17. The predicted molar refractivity (Wildman–Crippen MR) is 149 cm³/mol. The number of methoxy groups -OCH3 is 2. The number of carbonyl (C=O) groups excluding carboxylic acids is 1. The number of ether oxygens (including phenoxy) is 3. The number of hydrogen-bond donors (Lipinski definition) is 1. The number of rotatable bonds is 11. The minimum Gasteiger partial charge on any atom is -0.497 e. The van der Waals surface area contributed by atoms with Crippen molar-refractivity contribution in [2.45, 2.75) is 19.8 Å². The molecule has 1 aliphatic heterocycles. The van der Waals surface area contributed by atoms with E-state index in [2.05, 4.69) is 15.3 Å². The third-order valence-electron chi connectivity index (χ3n) is 6.02. The number of allylic oxidation sites excluding steroid dienone is 2. The number of aromatic nitrogens is 2. The molecule has 38 heavy (non-hydrogen) atoms. The summed E-state index contributed by atoms with van der Waals surface area (Å²) >= 11 is 0. The summed E-state index contributed by atoms with van der Waals surface area (Å²) in [5, 5.41) is 3.39. The van der Waals surface area contributed by atoms with Crippen LogP contribution in [-0.4, -0.2) is 67.5 Å². The van der Waals surface area contributed by atoms with Crippen LogP contribution in [0.25, 0.3) is 11.0 Å². The summed E-state index contributed by atoms with van der Waals surface area (Å²) in [6, 6.07) is 11.5. The first-order chi connectivity index (χ1) is 18.5. The molecule has 0 bridgehead atoms. The molecule has 1 N–H and O–H groups in total. The lowest BCUT2D eigenvalue weighted by Crippen LogP contribution is -2.35. The molecule has 0 saturated heterocycles. The van der Waals surface area contributed by atoms with Gasteiger partial charge in [-0.25, -0.2) is 4.98 Å². The zero-order valence-electron chi connectivity index (χ0n) is 22.2. The van der Waals surface area contributed by atoms with Gasteiger partial charge >= 0.3 is 0 Å². The highest BCUT2D eigenvalue weighted by atomic mass is 16.5. The van der Waals surface area contributed by atoms with Gasteiger partial charge in [-0.15, -0.1) is 0 Å². The Balaban J connectivity index is 1.51. The maximum absolute atomic E-state index is 12.9. The minimum absolute atomic E-state index is 0.136. The second-order valence-corrected chi connectivity index (χ2v) is 8.80. The van der Waals surface area contributed by atoms with Crippen LogP contribution in [0.3, 0.4) is 0 Å². The fourth-order valence-corrected chi connectivity index (χ4v) is 4.00. The van der Waals surface area contributed by atoms with Crippen LogP contribution in [0.2, 0.25) is 0 Å². The van der Waals surface area contributed by atoms with E-state index in [0.717, 1.165) is 33.7 Å². The molecule has 0 aliphatic carbocycles. The second kappa shape index (κ2) is 12.8. The number of nitrogens with zero attached hydrogens (tertiary/aromatic N) is 4. The third-order valence-corrected chi connectivity index (χ3v) is 6.02. The van der Waals surface area contributed by atoms with Crippen molar-refractivity contribution in [1.29, 1.82) is 0 Å². The molecule has 0 spiro atoms. The van der Waals surface area contributed by atoms with Gasteiger partial charge in [0.1, 0.15) is 17.2 Å². The maximum Gasteiger partial charge on any atom is 0.272 e. The van der Waals surface area contributed by atoms with E-state index in [9.17, 15) is 4.79 Å². The van der Waals surface area contributed by atoms with Crippen molar-refractivity contribution in [1.82, 2.24) is 14.9 Å². The number of benzene rings is 2. The molecule has 4 rings (SSSR count). The van der Waals surface area contributed by atoms with Gasteiger partial charge in [0.15, 0.2) is 0 Å². The second-order valence-electron chi connectivity index (χ2n) is 8.80. The number of carbonyl (C=O) groups is 1. The van der Waals surface area contributed by atoms with Gasteiger partial charge < -0.3 is 24.4 Å². The van der Waals surface area contributed by atoms with Crippen LogP contribution in [0.5, 0.6) is 11.5 Å². The van der Waals surface area contributed by atoms with Crippen LogP contribution in [0.4, 0.5) is 11.4 Å². The number of likely N-dealkylation sites (N-methyl/N-ethyl adjacent to an activating group) is 1. The van der Waals surface area contributed by atoms with E-state index in [4.69, 9.17) is 19.2 Å². The Kier molecular flexibility index (Phi) is 9.05. The number of aliphatic imine (C=N–C) groups is 1. The quantitative estimate of drug-likeness (QED) is 0.369. The molecular formula is C29H33N5O4. The van der Waals surface area contributed by atoms with E-state index in [1.165, 1.54) is 0 Å². The number of amides is 1. The predicted octanol–water partition coefficient (Wildman–Crippen LogP) is 4.71. The van der Waals surface area contributed by atoms with Gasteiger partial charge in [-0.1, -0.05) is 11.6 Å². The molecule has 9 heteroatoms. The molecule has 2 heterocycles. The topological polar surface area (TPSA) is 98.2 Å². The van der Waals surface area contributed by atoms with Crippen molar-refractivity contribution < 1.29 is 19.0 Å². The average molecular weight is 516 g/mol. The Morgan fingerprint density at radius 3 is 2.58 bits per heavy atom. The van der Waals surface area contributed by atoms with Crippen LogP contribution in [0.1, 0.15) is 19.0 Å². The lowest BCUT2D eigenvalue weighted by molar-refractivity contribution is -0.123. The van der Waals surface area contributed by atoms with Crippen molar-refractivity contribution in [3.05, 3.63) is 72.2 Å². The highest BCUT2D eigenvalue weighted by molar-refractivity contribution is 6.43. The molecule has 0 radical (unpaired) electrons. The Morgan fingerprint density at radius 1 is 1.05 bits per heavy atom. The van der Waals surface area contributed by atoms with Crippen LogP contribution in [-0.2, 0) is 16.0 Å². The van der Waals surface area contributed by atoms with Gasteiger partial charge in [0, 0.05) is 68.6 Å². The molecular weight excluding hydrogens is 482 g/mol. The lowest BCUT2D eigenvalue weighted by atomic mass is 10.0. The zero-order valence-corrected chi connectivity index (χ0v) is 22.2. The van der Waals surface area contributed by atoms with Crippen molar-refractivity contribution >= 4 is 34.0 Å². The molecule has 1 aromatic heterocycles. The molecule has 0 fully saturated rings. The molecule has 3 aromatic rings. The highest BCUT2D eigenvalue weighted by Gasteiger charge is 2.16. The summed E-state index contributed by atoms with van der Waals surface area (Å²) < 4.78 is 16.1. The van der Waals surface area contributed by atoms with Gasteiger partial charge in [0.05, 0.1) is 37.6 Å². The summed E-state index contributed by atoms with van der Waals surface area (Å²) in [5.41, 5.74) is 5.53. The number of fused-ring (bicyclic) bond motifs is 1. The van der Waals surface area contributed by atoms with Crippen LogP contribution < -0.4 is 14.8 Å². The largest absolute Gasteiger partial charge is 0.497 e. The fourth-order valence-electron chi connectivity index (χ4n) is 4.00. The standard InChI is InChI=1S/C29H33N5O4/c1-5-38-12-11-34(2)29(35)28-14-20(7-6-10-30-28)13-23-19-31-26-9-8-21(17-27(26)33-23)32-22-15-24(36-3)18-25(16-22)37-4/h6,8-10,14-19,32H,5,7,11-13H2,1-4H3. The Morgan fingerprint density at radius 2 is 1.84 bits per heavy atom. The molecule has 0 saturated carbocycles. The number of anilines is 2. The van der Waals surface area contributed by atoms with Crippen LogP contribution in [0.15, 0.2) is 71.5 Å². The summed E-state index contributed by atoms with van der Waals surface area (Å²) in [6.45, 7) is 3.55. The van der Waals surface area contributed by atoms with Crippen molar-refractivity contribution in [2.75, 3.05) is 46.3 Å². The number of hydrogen-bond acceptors (Lipinski definition) is 8. The minimum atomic E-state index is -0.136. The Labute approximate surface area is 222 Å². The van der Waals surface area contributed by atoms with Gasteiger partial charge in [-0.2, -0.15) is 0 Å². The van der Waals surface area contributed by atoms with Gasteiger partial charge in [0.2, 0.25) is 0 Å². The molecule has 1 amide bonds. The van der Waals surface area contributed by atoms with Gasteiger partial charge in [-0.05, 0) is 37.6 Å². The first-order valence-electron chi connectivity index (χ1n) is 12.5. The van der Waals surface area contributed by atoms with Crippen molar-refractivity contribution in [3.63, 3.8) is 0 Å². The van der Waals surface area contributed by atoms with Gasteiger partial charge in [-0.3, -0.25) is 14.8 Å². The molecule has 9 nitrogen and oxygen atoms in total. The van der Waals surface area contributed by atoms with Crippen molar-refractivity contribution in [3.8, 4) is 11.5 Å². The highest BCUT2D eigenvalue weighted by Crippen LogP contribution is 2.29. The molecule has 0 atom stereocenters. The zero-order chi connectivity index (χ0) is 26.9. The van der Waals surface area contributed by atoms with Crippen molar-refractivity contribution in [2.24, 2.45) is 4.99 Å². The molecule has 198 valence electrons. The van der Waals surface area contributed by atoms with E-state index < -0.39 is 0 Å². The van der Waals surface area contributed by atoms with E-state index in [0.29, 0.717) is 49.8 Å². The molecule has 0 unspecified atom stereocenters. The Hall–Kier alpha value is -4.24. The monoisotopic (exact) mass is 515 g/mol. The summed E-state index contributed by atoms with van der Waals surface area (Å²) in [4.78, 5) is 28.3. The van der Waals surface area contributed by atoms with E-state index in [1.807, 2.05) is 55.5 Å². The van der Waals surface area contributed by atoms with E-state index >= 15 is 0 Å². The third kappa shape index (κ3) is 6.95. The van der Waals surface area contributed by atoms with E-state index in [-0.39, 0.29) is 5.91 Å². The Bertz CT molecular complexity index is 1360. The van der Waals surface area contributed by atoms with E-state index in [1.54, 1.807) is 38.6 Å². The summed E-state index contributed by atoms with van der Waals surface area (Å²) in [6.07, 6.45) is 8.52. The summed E-state index contributed by atoms with van der Waals surface area (Å²) in [5.74, 6) is 1.26. The van der Waals surface area contributed by atoms with Crippen LogP contribution in [0, 0.1) is 0 Å². The van der Waals surface area contributed by atoms with Crippen LogP contribution >= 0.6 is 0 Å². The normalized spacial score (nSPS) is 12.9. The first kappa shape index (κ1) is 26.8. The SMILES string of the molecule is CCOCCN(C)C(=O)C1=NC=CCC(Cc2cnc3ccc(Nc4cc(OC)cc(OC)c4)cc3n2)=C1. The fraction of sp³-hybridized carbons (Fsp3) is 0.310. The first-order valence-corrected chi connectivity index (χ1v) is 12.5. The maximum atomic E-state index is 12.9.